The van der Waals surface area contributed by atoms with Crippen LogP contribution in [0.2, 0.25) is 0 Å². The molecule has 0 spiro atoms. The molecule has 4 aromatic rings. The van der Waals surface area contributed by atoms with E-state index >= 15 is 0 Å². The molecule has 192 valence electrons. The third-order valence-electron chi connectivity index (χ3n) is 6.42. The molecule has 0 amide bonds. The van der Waals surface area contributed by atoms with Crippen LogP contribution in [0, 0.1) is 0 Å². The van der Waals surface area contributed by atoms with E-state index in [2.05, 4.69) is 0 Å². The van der Waals surface area contributed by atoms with Gasteiger partial charge in [0, 0.05) is 10.8 Å². The van der Waals surface area contributed by atoms with E-state index in [4.69, 9.17) is 0 Å². The van der Waals surface area contributed by atoms with Gasteiger partial charge >= 0.3 is 37.7 Å². The fourth-order valence-corrected chi connectivity index (χ4v) is 6.09. The van der Waals surface area contributed by atoms with Gasteiger partial charge in [-0.15, -0.1) is 0 Å². The minimum Gasteiger partial charge on any atom is -0.744 e. The molecule has 0 N–H and O–H groups in total. The Hall–Kier alpha value is -1.52. The van der Waals surface area contributed by atoms with Gasteiger partial charge in [-0.2, -0.15) is 0 Å². The van der Waals surface area contributed by atoms with E-state index in [1.807, 2.05) is 64.1 Å². The van der Waals surface area contributed by atoms with Crippen LogP contribution in [0.5, 0.6) is 0 Å². The summed E-state index contributed by atoms with van der Waals surface area (Å²) in [5.41, 5.74) is 3.93. The molecule has 6 nitrogen and oxygen atoms in total. The number of benzene rings is 4. The van der Waals surface area contributed by atoms with Crippen molar-refractivity contribution in [1.82, 2.24) is 0 Å². The van der Waals surface area contributed by atoms with Crippen LogP contribution in [-0.4, -0.2) is 63.7 Å². The zero-order valence-electron chi connectivity index (χ0n) is 21.6. The molecule has 4 rings (SSSR count). The predicted molar refractivity (Wildman–Crippen MR) is 147 cm³/mol. The summed E-state index contributed by atoms with van der Waals surface area (Å²) in [5, 5.41) is 2.92. The van der Waals surface area contributed by atoms with Crippen molar-refractivity contribution in [3.8, 4) is 0 Å². The summed E-state index contributed by atoms with van der Waals surface area (Å²) in [6, 6.07) is 17.6. The fourth-order valence-electron chi connectivity index (χ4n) is 4.64. The first-order valence-electron chi connectivity index (χ1n) is 12.0. The molecule has 9 heteroatoms. The summed E-state index contributed by atoms with van der Waals surface area (Å²) in [7, 11) is -8.87. The number of hydrogen-bond donors (Lipinski definition) is 0. The molecule has 0 atom stereocenters. The van der Waals surface area contributed by atoms with Crippen LogP contribution in [0.3, 0.4) is 0 Å². The average molecular weight is 567 g/mol. The Morgan fingerprint density at radius 2 is 0.838 bits per heavy atom. The predicted octanol–water partition coefficient (Wildman–Crippen LogP) is 5.36. The van der Waals surface area contributed by atoms with Crippen LogP contribution in [0.4, 0.5) is 0 Å². The quantitative estimate of drug-likeness (QED) is 0.229. The summed E-state index contributed by atoms with van der Waals surface area (Å²) in [6.07, 6.45) is 3.02. The summed E-state index contributed by atoms with van der Waals surface area (Å²) in [5.74, 6) is 0. The molecule has 0 saturated carbocycles. The number of aryl methyl sites for hydroxylation is 4. The van der Waals surface area contributed by atoms with Gasteiger partial charge in [0.05, 0.1) is 9.79 Å². The van der Waals surface area contributed by atoms with E-state index < -0.39 is 20.2 Å². The Morgan fingerprint density at radius 3 is 1.11 bits per heavy atom. The molecule has 37 heavy (non-hydrogen) atoms. The van der Waals surface area contributed by atoms with Crippen LogP contribution in [0.15, 0.2) is 70.5 Å². The molecule has 0 aliphatic carbocycles. The van der Waals surface area contributed by atoms with E-state index in [0.717, 1.165) is 45.9 Å². The Kier molecular flexibility index (Phi) is 11.2. The van der Waals surface area contributed by atoms with E-state index in [9.17, 15) is 25.9 Å². The standard InChI is InChI=1S/2C14H16O3S.Ca/c2*1-3-10-8-9-13(18(15,16)17)14-11(4-2)6-5-7-12(10)14;/h2*5-9H,3-4H2,1-2H3,(H,15,16,17);/q;;+2/p-2. The smallest absolute Gasteiger partial charge is 0.744 e. The first-order chi connectivity index (χ1) is 17.0. The van der Waals surface area contributed by atoms with Crippen molar-refractivity contribution < 1.29 is 25.9 Å². The summed E-state index contributed by atoms with van der Waals surface area (Å²) < 4.78 is 68.2. The zero-order valence-corrected chi connectivity index (χ0v) is 25.4. The van der Waals surface area contributed by atoms with Gasteiger partial charge in [-0.3, -0.25) is 0 Å². The molecule has 0 heterocycles. The first-order valence-corrected chi connectivity index (χ1v) is 14.8. The summed E-state index contributed by atoms with van der Waals surface area (Å²) in [4.78, 5) is -0.209. The molecule has 0 saturated heterocycles. The summed E-state index contributed by atoms with van der Waals surface area (Å²) >= 11 is 0. The van der Waals surface area contributed by atoms with Crippen molar-refractivity contribution in [3.63, 3.8) is 0 Å². The third-order valence-corrected chi connectivity index (χ3v) is 8.18. The first kappa shape index (κ1) is 31.7. The minimum atomic E-state index is -4.44. The van der Waals surface area contributed by atoms with Gasteiger partial charge in [0.1, 0.15) is 20.2 Å². The molecule has 0 bridgehead atoms. The monoisotopic (exact) mass is 566 g/mol. The van der Waals surface area contributed by atoms with E-state index in [-0.39, 0.29) is 47.5 Å². The normalized spacial score (nSPS) is 11.6. The zero-order chi connectivity index (χ0) is 26.7. The Balaban J connectivity index is 0.000000253. The second-order valence-electron chi connectivity index (χ2n) is 8.45. The van der Waals surface area contributed by atoms with Crippen molar-refractivity contribution >= 4 is 79.5 Å². The molecule has 0 aromatic heterocycles. The van der Waals surface area contributed by atoms with Gasteiger partial charge in [0.2, 0.25) is 0 Å². The van der Waals surface area contributed by atoms with E-state index in [0.29, 0.717) is 23.6 Å². The molecular weight excluding hydrogens is 537 g/mol. The van der Waals surface area contributed by atoms with Crippen molar-refractivity contribution in [3.05, 3.63) is 82.9 Å². The van der Waals surface area contributed by atoms with Gasteiger partial charge in [0.25, 0.3) is 0 Å². The molecule has 0 aliphatic heterocycles. The third kappa shape index (κ3) is 6.92. The maximum absolute atomic E-state index is 11.4. The molecule has 0 radical (unpaired) electrons. The summed E-state index contributed by atoms with van der Waals surface area (Å²) in [6.45, 7) is 7.93. The molecule has 0 fully saturated rings. The second-order valence-corrected chi connectivity index (χ2v) is 11.1. The maximum Gasteiger partial charge on any atom is 2.00 e. The fraction of sp³-hybridized carbons (Fsp3) is 0.286. The van der Waals surface area contributed by atoms with Gasteiger partial charge in [0.15, 0.2) is 0 Å². The SMILES string of the molecule is CCc1ccc(S(=O)(=O)[O-])c2c(CC)cccc12.CCc1ccc(S(=O)(=O)[O-])c2c(CC)cccc12.[Ca+2]. The van der Waals surface area contributed by atoms with Crippen LogP contribution in [0.25, 0.3) is 21.5 Å². The van der Waals surface area contributed by atoms with Crippen molar-refractivity contribution in [2.24, 2.45) is 0 Å². The topological polar surface area (TPSA) is 114 Å². The largest absolute Gasteiger partial charge is 2.00 e. The van der Waals surface area contributed by atoms with Crippen LogP contribution in [0.1, 0.15) is 49.9 Å². The van der Waals surface area contributed by atoms with Crippen LogP contribution >= 0.6 is 0 Å². The molecule has 0 aliphatic rings. The Bertz CT molecular complexity index is 1500. The van der Waals surface area contributed by atoms with Gasteiger partial charge in [-0.25, -0.2) is 16.8 Å². The Morgan fingerprint density at radius 1 is 0.514 bits per heavy atom. The number of rotatable bonds is 6. The number of fused-ring (bicyclic) bond motifs is 2. The Labute approximate surface area is 249 Å². The molecule has 0 unspecified atom stereocenters. The maximum atomic E-state index is 11.4. The van der Waals surface area contributed by atoms with E-state index in [1.165, 1.54) is 12.1 Å². The van der Waals surface area contributed by atoms with Crippen LogP contribution in [-0.2, 0) is 45.9 Å². The van der Waals surface area contributed by atoms with Gasteiger partial charge in [-0.05, 0) is 70.8 Å². The molecular formula is C28H30CaO6S2. The second kappa shape index (κ2) is 13.0. The van der Waals surface area contributed by atoms with Crippen molar-refractivity contribution in [2.45, 2.75) is 63.2 Å². The minimum absolute atomic E-state index is 0. The van der Waals surface area contributed by atoms with Crippen molar-refractivity contribution in [2.75, 3.05) is 0 Å². The molecule has 4 aromatic carbocycles. The van der Waals surface area contributed by atoms with Crippen LogP contribution < -0.4 is 0 Å². The van der Waals surface area contributed by atoms with E-state index in [1.54, 1.807) is 12.1 Å². The number of hydrogen-bond acceptors (Lipinski definition) is 6. The van der Waals surface area contributed by atoms with Gasteiger partial charge < -0.3 is 9.11 Å². The van der Waals surface area contributed by atoms with Crippen molar-refractivity contribution in [1.29, 1.82) is 0 Å². The van der Waals surface area contributed by atoms with Gasteiger partial charge in [-0.1, -0.05) is 76.2 Å². The average Bonchev–Trinajstić information content (AvgIpc) is 2.85.